The van der Waals surface area contributed by atoms with Crippen LogP contribution in [-0.4, -0.2) is 61.1 Å². The van der Waals surface area contributed by atoms with Crippen LogP contribution in [0.4, 0.5) is 9.18 Å². The summed E-state index contributed by atoms with van der Waals surface area (Å²) in [6.45, 7) is 8.80. The minimum absolute atomic E-state index is 0.0256. The molecule has 1 heterocycles. The first-order chi connectivity index (χ1) is 12.2. The van der Waals surface area contributed by atoms with Crippen molar-refractivity contribution in [2.24, 2.45) is 5.41 Å². The Bertz CT molecular complexity index is 631. The van der Waals surface area contributed by atoms with Crippen LogP contribution in [0, 0.1) is 11.2 Å². The largest absolute Gasteiger partial charge is 0.484 e. The second-order valence-corrected chi connectivity index (χ2v) is 7.69. The molecule has 144 valence electrons. The third-order valence-electron chi connectivity index (χ3n) is 4.06. The van der Waals surface area contributed by atoms with E-state index in [2.05, 4.69) is 26.1 Å². The SMILES string of the molecule is CC(C)(C)CNC(=O)N1CCCN(C(=O)COc2cccc(F)c2)CC1. The Morgan fingerprint density at radius 2 is 1.85 bits per heavy atom. The van der Waals surface area contributed by atoms with Crippen LogP contribution in [0.25, 0.3) is 0 Å². The lowest BCUT2D eigenvalue weighted by molar-refractivity contribution is -0.133. The predicted molar refractivity (Wildman–Crippen MR) is 97.5 cm³/mol. The molecule has 7 heteroatoms. The van der Waals surface area contributed by atoms with Gasteiger partial charge in [0.25, 0.3) is 5.91 Å². The standard InChI is InChI=1S/C19H28FN3O3/c1-19(2,3)14-21-18(25)23-9-5-8-22(10-11-23)17(24)13-26-16-7-4-6-15(20)12-16/h4,6-7,12H,5,8-11,13-14H2,1-3H3,(H,21,25). The first-order valence-electron chi connectivity index (χ1n) is 8.93. The Morgan fingerprint density at radius 3 is 2.54 bits per heavy atom. The number of hydrogen-bond acceptors (Lipinski definition) is 3. The van der Waals surface area contributed by atoms with Gasteiger partial charge in [-0.15, -0.1) is 0 Å². The second kappa shape index (κ2) is 8.87. The summed E-state index contributed by atoms with van der Waals surface area (Å²) in [5, 5.41) is 2.94. The van der Waals surface area contributed by atoms with E-state index in [1.54, 1.807) is 15.9 Å². The van der Waals surface area contributed by atoms with Crippen LogP contribution in [0.5, 0.6) is 5.75 Å². The summed E-state index contributed by atoms with van der Waals surface area (Å²) in [4.78, 5) is 28.0. The second-order valence-electron chi connectivity index (χ2n) is 7.69. The van der Waals surface area contributed by atoms with E-state index in [-0.39, 0.29) is 24.0 Å². The Kier molecular flexibility index (Phi) is 6.83. The molecule has 0 saturated carbocycles. The lowest BCUT2D eigenvalue weighted by atomic mass is 9.97. The van der Waals surface area contributed by atoms with E-state index >= 15 is 0 Å². The average Bonchev–Trinajstić information content (AvgIpc) is 2.83. The highest BCUT2D eigenvalue weighted by Crippen LogP contribution is 2.13. The third kappa shape index (κ3) is 6.54. The van der Waals surface area contributed by atoms with E-state index in [4.69, 9.17) is 4.74 Å². The Labute approximate surface area is 154 Å². The summed E-state index contributed by atoms with van der Waals surface area (Å²) >= 11 is 0. The molecule has 0 aliphatic carbocycles. The Balaban J connectivity index is 1.79. The molecule has 1 saturated heterocycles. The summed E-state index contributed by atoms with van der Waals surface area (Å²) in [5.74, 6) is -0.232. The van der Waals surface area contributed by atoms with Crippen molar-refractivity contribution in [2.75, 3.05) is 39.3 Å². The normalized spacial score (nSPS) is 15.4. The van der Waals surface area contributed by atoms with Gasteiger partial charge < -0.3 is 19.9 Å². The summed E-state index contributed by atoms with van der Waals surface area (Å²) in [6.07, 6.45) is 0.717. The van der Waals surface area contributed by atoms with Gasteiger partial charge in [-0.1, -0.05) is 26.8 Å². The molecule has 0 aromatic heterocycles. The van der Waals surface area contributed by atoms with Crippen molar-refractivity contribution in [3.63, 3.8) is 0 Å². The van der Waals surface area contributed by atoms with Crippen LogP contribution in [0.2, 0.25) is 0 Å². The Morgan fingerprint density at radius 1 is 1.15 bits per heavy atom. The van der Waals surface area contributed by atoms with Crippen molar-refractivity contribution in [2.45, 2.75) is 27.2 Å². The van der Waals surface area contributed by atoms with E-state index < -0.39 is 5.82 Å². The molecule has 0 bridgehead atoms. The molecule has 1 aliphatic heterocycles. The molecule has 1 aromatic carbocycles. The first kappa shape index (κ1) is 20.0. The van der Waals surface area contributed by atoms with Gasteiger partial charge in [0.2, 0.25) is 0 Å². The number of urea groups is 1. The van der Waals surface area contributed by atoms with E-state index in [0.717, 1.165) is 0 Å². The molecule has 0 unspecified atom stereocenters. The van der Waals surface area contributed by atoms with Gasteiger partial charge in [0, 0.05) is 38.8 Å². The van der Waals surface area contributed by atoms with E-state index in [9.17, 15) is 14.0 Å². The van der Waals surface area contributed by atoms with Gasteiger partial charge >= 0.3 is 6.03 Å². The molecular formula is C19H28FN3O3. The van der Waals surface area contributed by atoms with E-state index in [1.807, 2.05) is 0 Å². The fourth-order valence-corrected chi connectivity index (χ4v) is 2.62. The van der Waals surface area contributed by atoms with Crippen LogP contribution < -0.4 is 10.1 Å². The number of hydrogen-bond donors (Lipinski definition) is 1. The lowest BCUT2D eigenvalue weighted by Gasteiger charge is -2.25. The van der Waals surface area contributed by atoms with Crippen LogP contribution >= 0.6 is 0 Å². The van der Waals surface area contributed by atoms with Crippen molar-refractivity contribution in [1.82, 2.24) is 15.1 Å². The van der Waals surface area contributed by atoms with Crippen molar-refractivity contribution < 1.29 is 18.7 Å². The quantitative estimate of drug-likeness (QED) is 0.892. The number of halogens is 1. The molecule has 0 atom stereocenters. The highest BCUT2D eigenvalue weighted by molar-refractivity contribution is 5.78. The van der Waals surface area contributed by atoms with Gasteiger partial charge in [0.05, 0.1) is 0 Å². The Hall–Kier alpha value is -2.31. The summed E-state index contributed by atoms with van der Waals surface area (Å²) in [7, 11) is 0. The van der Waals surface area contributed by atoms with Gasteiger partial charge in [0.15, 0.2) is 6.61 Å². The fraction of sp³-hybridized carbons (Fsp3) is 0.579. The number of rotatable bonds is 4. The van der Waals surface area contributed by atoms with E-state index in [1.165, 1.54) is 18.2 Å². The maximum Gasteiger partial charge on any atom is 0.317 e. The zero-order chi connectivity index (χ0) is 19.2. The molecule has 0 radical (unpaired) electrons. The van der Waals surface area contributed by atoms with Crippen molar-refractivity contribution in [3.8, 4) is 5.75 Å². The van der Waals surface area contributed by atoms with Gasteiger partial charge in [0.1, 0.15) is 11.6 Å². The molecule has 6 nitrogen and oxygen atoms in total. The number of carbonyl (C=O) groups is 2. The topological polar surface area (TPSA) is 61.9 Å². The number of benzene rings is 1. The van der Waals surface area contributed by atoms with Crippen LogP contribution in [0.1, 0.15) is 27.2 Å². The zero-order valence-corrected chi connectivity index (χ0v) is 15.8. The molecule has 3 amide bonds. The minimum Gasteiger partial charge on any atom is -0.484 e. The molecule has 1 fully saturated rings. The van der Waals surface area contributed by atoms with Gasteiger partial charge in [-0.05, 0) is 24.0 Å². The number of carbonyl (C=O) groups excluding carboxylic acids is 2. The van der Waals surface area contributed by atoms with E-state index in [0.29, 0.717) is 44.9 Å². The average molecular weight is 365 g/mol. The zero-order valence-electron chi connectivity index (χ0n) is 15.8. The van der Waals surface area contributed by atoms with Crippen molar-refractivity contribution in [1.29, 1.82) is 0 Å². The molecule has 0 spiro atoms. The molecule has 2 rings (SSSR count). The third-order valence-corrected chi connectivity index (χ3v) is 4.06. The van der Waals surface area contributed by atoms with Gasteiger partial charge in [-0.3, -0.25) is 4.79 Å². The minimum atomic E-state index is -0.401. The lowest BCUT2D eigenvalue weighted by Crippen LogP contribution is -2.45. The smallest absolute Gasteiger partial charge is 0.317 e. The van der Waals surface area contributed by atoms with Crippen molar-refractivity contribution in [3.05, 3.63) is 30.1 Å². The van der Waals surface area contributed by atoms with Crippen LogP contribution in [-0.2, 0) is 4.79 Å². The maximum absolute atomic E-state index is 13.1. The van der Waals surface area contributed by atoms with Gasteiger partial charge in [-0.2, -0.15) is 0 Å². The molecule has 26 heavy (non-hydrogen) atoms. The number of amides is 3. The number of nitrogens with zero attached hydrogens (tertiary/aromatic N) is 2. The molecule has 1 aromatic rings. The maximum atomic E-state index is 13.1. The highest BCUT2D eigenvalue weighted by atomic mass is 19.1. The molecular weight excluding hydrogens is 337 g/mol. The van der Waals surface area contributed by atoms with Crippen molar-refractivity contribution >= 4 is 11.9 Å². The predicted octanol–water partition coefficient (Wildman–Crippen LogP) is 2.49. The van der Waals surface area contributed by atoms with Gasteiger partial charge in [-0.25, -0.2) is 9.18 Å². The molecule has 1 N–H and O–H groups in total. The fourth-order valence-electron chi connectivity index (χ4n) is 2.62. The molecule has 1 aliphatic rings. The summed E-state index contributed by atoms with van der Waals surface area (Å²) < 4.78 is 18.5. The highest BCUT2D eigenvalue weighted by Gasteiger charge is 2.23. The summed E-state index contributed by atoms with van der Waals surface area (Å²) in [5.41, 5.74) is 0.0256. The van der Waals surface area contributed by atoms with Crippen LogP contribution in [0.3, 0.4) is 0 Å². The monoisotopic (exact) mass is 365 g/mol. The summed E-state index contributed by atoms with van der Waals surface area (Å²) in [6, 6.07) is 5.62. The number of ether oxygens (including phenoxy) is 1. The number of nitrogens with one attached hydrogen (secondary N) is 1. The first-order valence-corrected chi connectivity index (χ1v) is 8.93. The van der Waals surface area contributed by atoms with Crippen LogP contribution in [0.15, 0.2) is 24.3 Å².